The third-order valence-corrected chi connectivity index (χ3v) is 4.26. The summed E-state index contributed by atoms with van der Waals surface area (Å²) in [6.45, 7) is 5.68. The third kappa shape index (κ3) is 3.26. The highest BCUT2D eigenvalue weighted by Gasteiger charge is 2.10. The van der Waals surface area contributed by atoms with E-state index >= 15 is 0 Å². The molecule has 0 amide bonds. The Labute approximate surface area is 123 Å². The molecule has 0 spiro atoms. The summed E-state index contributed by atoms with van der Waals surface area (Å²) in [5.41, 5.74) is 2.24. The molecule has 1 aromatic carbocycles. The van der Waals surface area contributed by atoms with Gasteiger partial charge in [0, 0.05) is 34.7 Å². The van der Waals surface area contributed by atoms with Gasteiger partial charge >= 0.3 is 0 Å². The Morgan fingerprint density at radius 2 is 1.85 bits per heavy atom. The van der Waals surface area contributed by atoms with Crippen LogP contribution in [-0.4, -0.2) is 32.5 Å². The Hall–Kier alpha value is -1.65. The molecule has 4 heteroatoms. The van der Waals surface area contributed by atoms with Crippen molar-refractivity contribution in [3.8, 4) is 0 Å². The topological polar surface area (TPSA) is 24.8 Å². The molecular formula is C16H18N2OS. The van der Waals surface area contributed by atoms with E-state index in [1.165, 1.54) is 15.4 Å². The van der Waals surface area contributed by atoms with Crippen LogP contribution in [0, 0.1) is 6.92 Å². The second kappa shape index (κ2) is 6.20. The van der Waals surface area contributed by atoms with Gasteiger partial charge in [-0.2, -0.15) is 0 Å². The zero-order valence-corrected chi connectivity index (χ0v) is 12.4. The van der Waals surface area contributed by atoms with Crippen LogP contribution in [-0.2, 0) is 4.74 Å². The predicted molar refractivity (Wildman–Crippen MR) is 85.8 cm³/mol. The predicted octanol–water partition coefficient (Wildman–Crippen LogP) is 3.64. The SMILES string of the molecule is Cc1ccc(C=Nc2ccc(N3CCOCC3)cc2)s1. The summed E-state index contributed by atoms with van der Waals surface area (Å²) in [6.07, 6.45) is 1.93. The molecule has 0 atom stereocenters. The van der Waals surface area contributed by atoms with E-state index in [2.05, 4.69) is 53.2 Å². The van der Waals surface area contributed by atoms with Crippen LogP contribution < -0.4 is 4.90 Å². The summed E-state index contributed by atoms with van der Waals surface area (Å²) in [5.74, 6) is 0. The van der Waals surface area contributed by atoms with Crippen LogP contribution in [0.2, 0.25) is 0 Å². The summed E-state index contributed by atoms with van der Waals surface area (Å²) < 4.78 is 5.37. The molecule has 0 saturated carbocycles. The van der Waals surface area contributed by atoms with Crippen molar-refractivity contribution in [3.63, 3.8) is 0 Å². The molecule has 3 rings (SSSR count). The molecule has 104 valence electrons. The van der Waals surface area contributed by atoms with Crippen molar-refractivity contribution in [1.82, 2.24) is 0 Å². The zero-order chi connectivity index (χ0) is 13.8. The minimum absolute atomic E-state index is 0.817. The van der Waals surface area contributed by atoms with Crippen LogP contribution >= 0.6 is 11.3 Å². The van der Waals surface area contributed by atoms with Gasteiger partial charge in [-0.25, -0.2) is 0 Å². The van der Waals surface area contributed by atoms with Crippen molar-refractivity contribution in [2.75, 3.05) is 31.2 Å². The van der Waals surface area contributed by atoms with Gasteiger partial charge in [0.15, 0.2) is 0 Å². The molecule has 1 saturated heterocycles. The summed E-state index contributed by atoms with van der Waals surface area (Å²) in [6, 6.07) is 12.6. The summed E-state index contributed by atoms with van der Waals surface area (Å²) in [4.78, 5) is 9.37. The third-order valence-electron chi connectivity index (χ3n) is 3.33. The maximum atomic E-state index is 5.37. The number of rotatable bonds is 3. The molecule has 0 radical (unpaired) electrons. The molecule has 20 heavy (non-hydrogen) atoms. The van der Waals surface area contributed by atoms with E-state index in [4.69, 9.17) is 4.74 Å². The normalized spacial score (nSPS) is 15.9. The van der Waals surface area contributed by atoms with E-state index in [0.29, 0.717) is 0 Å². The van der Waals surface area contributed by atoms with Crippen molar-refractivity contribution >= 4 is 28.9 Å². The van der Waals surface area contributed by atoms with Gasteiger partial charge in [0.05, 0.1) is 18.9 Å². The molecule has 3 nitrogen and oxygen atoms in total. The first-order chi connectivity index (χ1) is 9.81. The van der Waals surface area contributed by atoms with E-state index in [1.807, 2.05) is 6.21 Å². The Morgan fingerprint density at radius 3 is 2.50 bits per heavy atom. The Morgan fingerprint density at radius 1 is 1.10 bits per heavy atom. The van der Waals surface area contributed by atoms with Gasteiger partial charge in [-0.05, 0) is 43.3 Å². The second-order valence-corrected chi connectivity index (χ2v) is 6.14. The van der Waals surface area contributed by atoms with Crippen LogP contribution in [0.3, 0.4) is 0 Å². The van der Waals surface area contributed by atoms with Crippen molar-refractivity contribution in [2.45, 2.75) is 6.92 Å². The van der Waals surface area contributed by atoms with E-state index in [0.717, 1.165) is 32.0 Å². The lowest BCUT2D eigenvalue weighted by Crippen LogP contribution is -2.36. The molecule has 0 N–H and O–H groups in total. The van der Waals surface area contributed by atoms with E-state index in [-0.39, 0.29) is 0 Å². The number of benzene rings is 1. The van der Waals surface area contributed by atoms with Crippen molar-refractivity contribution in [1.29, 1.82) is 0 Å². The average Bonchev–Trinajstić information content (AvgIpc) is 2.92. The minimum atomic E-state index is 0.817. The number of morpholine rings is 1. The number of aryl methyl sites for hydroxylation is 1. The highest BCUT2D eigenvalue weighted by molar-refractivity contribution is 7.13. The van der Waals surface area contributed by atoms with Gasteiger partial charge in [-0.1, -0.05) is 0 Å². The van der Waals surface area contributed by atoms with Crippen LogP contribution in [0.1, 0.15) is 9.75 Å². The summed E-state index contributed by atoms with van der Waals surface area (Å²) >= 11 is 1.76. The quantitative estimate of drug-likeness (QED) is 0.805. The number of thiophene rings is 1. The number of hydrogen-bond acceptors (Lipinski definition) is 4. The molecule has 2 aromatic rings. The molecule has 1 fully saturated rings. The van der Waals surface area contributed by atoms with E-state index in [9.17, 15) is 0 Å². The highest BCUT2D eigenvalue weighted by atomic mass is 32.1. The molecule has 0 unspecified atom stereocenters. The van der Waals surface area contributed by atoms with E-state index in [1.54, 1.807) is 11.3 Å². The lowest BCUT2D eigenvalue weighted by Gasteiger charge is -2.28. The number of anilines is 1. The standard InChI is InChI=1S/C16H18N2OS/c1-13-2-7-16(20-13)12-17-14-3-5-15(6-4-14)18-8-10-19-11-9-18/h2-7,12H,8-11H2,1H3. The lowest BCUT2D eigenvalue weighted by atomic mass is 10.2. The fourth-order valence-electron chi connectivity index (χ4n) is 2.23. The zero-order valence-electron chi connectivity index (χ0n) is 11.6. The van der Waals surface area contributed by atoms with Crippen LogP contribution in [0.4, 0.5) is 11.4 Å². The van der Waals surface area contributed by atoms with Crippen LogP contribution in [0.25, 0.3) is 0 Å². The largest absolute Gasteiger partial charge is 0.378 e. The first-order valence-electron chi connectivity index (χ1n) is 6.84. The maximum Gasteiger partial charge on any atom is 0.0642 e. The molecule has 0 bridgehead atoms. The molecule has 2 heterocycles. The van der Waals surface area contributed by atoms with Gasteiger partial charge in [0.2, 0.25) is 0 Å². The first kappa shape index (κ1) is 13.3. The molecular weight excluding hydrogens is 268 g/mol. The summed E-state index contributed by atoms with van der Waals surface area (Å²) in [5, 5.41) is 0. The molecule has 0 aliphatic carbocycles. The van der Waals surface area contributed by atoms with Crippen molar-refractivity contribution in [2.24, 2.45) is 4.99 Å². The fourth-order valence-corrected chi connectivity index (χ4v) is 2.98. The van der Waals surface area contributed by atoms with Crippen molar-refractivity contribution < 1.29 is 4.74 Å². The van der Waals surface area contributed by atoms with Crippen LogP contribution in [0.15, 0.2) is 41.4 Å². The van der Waals surface area contributed by atoms with E-state index < -0.39 is 0 Å². The Kier molecular flexibility index (Phi) is 4.14. The highest BCUT2D eigenvalue weighted by Crippen LogP contribution is 2.21. The van der Waals surface area contributed by atoms with Gasteiger partial charge in [0.1, 0.15) is 0 Å². The second-order valence-electron chi connectivity index (χ2n) is 4.82. The number of aliphatic imine (C=N–C) groups is 1. The Bertz CT molecular complexity index is 583. The van der Waals surface area contributed by atoms with Gasteiger partial charge in [-0.15, -0.1) is 11.3 Å². The van der Waals surface area contributed by atoms with Crippen LogP contribution in [0.5, 0.6) is 0 Å². The minimum Gasteiger partial charge on any atom is -0.378 e. The molecule has 1 aliphatic rings. The lowest BCUT2D eigenvalue weighted by molar-refractivity contribution is 0.122. The molecule has 1 aromatic heterocycles. The Balaban J connectivity index is 1.68. The number of hydrogen-bond donors (Lipinski definition) is 0. The number of ether oxygens (including phenoxy) is 1. The smallest absolute Gasteiger partial charge is 0.0642 e. The maximum absolute atomic E-state index is 5.37. The van der Waals surface area contributed by atoms with Gasteiger partial charge in [-0.3, -0.25) is 4.99 Å². The van der Waals surface area contributed by atoms with Crippen molar-refractivity contribution in [3.05, 3.63) is 46.2 Å². The summed E-state index contributed by atoms with van der Waals surface area (Å²) in [7, 11) is 0. The average molecular weight is 286 g/mol. The number of nitrogens with zero attached hydrogens (tertiary/aromatic N) is 2. The molecule has 1 aliphatic heterocycles. The fraction of sp³-hybridized carbons (Fsp3) is 0.312. The van der Waals surface area contributed by atoms with Gasteiger partial charge in [0.25, 0.3) is 0 Å². The van der Waals surface area contributed by atoms with Gasteiger partial charge < -0.3 is 9.64 Å². The first-order valence-corrected chi connectivity index (χ1v) is 7.66. The monoisotopic (exact) mass is 286 g/mol.